The number of rotatable bonds is 7. The fourth-order valence-corrected chi connectivity index (χ4v) is 6.07. The second-order valence-corrected chi connectivity index (χ2v) is 11.0. The molecule has 37 heavy (non-hydrogen) atoms. The van der Waals surface area contributed by atoms with Gasteiger partial charge in [0.15, 0.2) is 11.6 Å². The quantitative estimate of drug-likeness (QED) is 0.409. The summed E-state index contributed by atoms with van der Waals surface area (Å²) in [4.78, 5) is 3.29. The van der Waals surface area contributed by atoms with Crippen LogP contribution in [-0.2, 0) is 17.3 Å². The molecule has 5 nitrogen and oxygen atoms in total. The molecule has 1 aliphatic heterocycles. The second kappa shape index (κ2) is 10.9. The van der Waals surface area contributed by atoms with E-state index in [9.17, 15) is 27.8 Å². The third kappa shape index (κ3) is 6.10. The van der Waals surface area contributed by atoms with Crippen LogP contribution >= 0.6 is 0 Å². The third-order valence-corrected chi connectivity index (χ3v) is 8.36. The van der Waals surface area contributed by atoms with Crippen LogP contribution in [-0.4, -0.2) is 40.1 Å². The topological polar surface area (TPSA) is 74.6 Å². The number of nitrogens with zero attached hydrogens (tertiary/aromatic N) is 1. The van der Waals surface area contributed by atoms with Crippen LogP contribution in [0.15, 0.2) is 36.4 Å². The average Bonchev–Trinajstić information content (AvgIpc) is 3.28. The molecular weight excluding hydrogens is 488 g/mol. The Kier molecular flexibility index (Phi) is 7.75. The van der Waals surface area contributed by atoms with Crippen molar-refractivity contribution in [2.75, 3.05) is 11.9 Å². The summed E-state index contributed by atoms with van der Waals surface area (Å²) >= 11 is 0. The van der Waals surface area contributed by atoms with Gasteiger partial charge in [0.25, 0.3) is 0 Å². The van der Waals surface area contributed by atoms with Crippen molar-refractivity contribution in [3.63, 3.8) is 0 Å². The molecule has 1 aromatic heterocycles. The lowest BCUT2D eigenvalue weighted by molar-refractivity contribution is -0.143. The van der Waals surface area contributed by atoms with Gasteiger partial charge in [0.05, 0.1) is 12.6 Å². The van der Waals surface area contributed by atoms with Gasteiger partial charge in [-0.05, 0) is 66.7 Å². The maximum Gasteiger partial charge on any atom is 0.433 e. The normalized spacial score (nSPS) is 30.8. The van der Waals surface area contributed by atoms with E-state index in [-0.39, 0.29) is 6.61 Å². The fourth-order valence-electron chi connectivity index (χ4n) is 6.07. The van der Waals surface area contributed by atoms with E-state index in [0.717, 1.165) is 18.3 Å². The number of hydrogen-bond acceptors (Lipinski definition) is 5. The number of aromatic nitrogens is 1. The number of anilines is 1. The lowest BCUT2D eigenvalue weighted by atomic mass is 9.78. The predicted molar refractivity (Wildman–Crippen MR) is 130 cm³/mol. The number of ether oxygens (including phenoxy) is 1. The van der Waals surface area contributed by atoms with E-state index in [2.05, 4.69) is 10.3 Å². The summed E-state index contributed by atoms with van der Waals surface area (Å²) in [5, 5.41) is 23.8. The molecule has 0 bridgehead atoms. The average molecular weight is 523 g/mol. The van der Waals surface area contributed by atoms with Crippen LogP contribution < -0.4 is 5.32 Å². The van der Waals surface area contributed by atoms with Gasteiger partial charge < -0.3 is 20.3 Å². The van der Waals surface area contributed by atoms with Crippen molar-refractivity contribution in [1.82, 2.24) is 4.98 Å². The van der Waals surface area contributed by atoms with Gasteiger partial charge in [0.1, 0.15) is 24.0 Å². The molecule has 3 N–H and O–H groups in total. The first kappa shape index (κ1) is 26.4. The predicted octanol–water partition coefficient (Wildman–Crippen LogP) is 5.66. The minimum absolute atomic E-state index is 0.146. The molecule has 1 saturated heterocycles. The van der Waals surface area contributed by atoms with Crippen LogP contribution in [0.25, 0.3) is 0 Å². The molecule has 1 aromatic carbocycles. The first-order chi connectivity index (χ1) is 17.7. The van der Waals surface area contributed by atoms with Gasteiger partial charge in [-0.2, -0.15) is 13.2 Å². The second-order valence-electron chi connectivity index (χ2n) is 11.0. The lowest BCUT2D eigenvalue weighted by Gasteiger charge is -2.38. The maximum absolute atomic E-state index is 14.1. The zero-order valence-corrected chi connectivity index (χ0v) is 20.6. The van der Waals surface area contributed by atoms with E-state index in [1.54, 1.807) is 0 Å². The lowest BCUT2D eigenvalue weighted by Crippen LogP contribution is -2.52. The van der Waals surface area contributed by atoms with Crippen molar-refractivity contribution in [3.05, 3.63) is 59.0 Å². The third-order valence-electron chi connectivity index (χ3n) is 8.36. The molecule has 202 valence electrons. The number of nitrogens with one attached hydrogen (secondary N) is 1. The minimum Gasteiger partial charge on any atom is -0.388 e. The van der Waals surface area contributed by atoms with Crippen molar-refractivity contribution >= 4 is 5.82 Å². The molecule has 3 aliphatic rings. The van der Waals surface area contributed by atoms with E-state index in [0.29, 0.717) is 23.6 Å². The first-order valence-corrected chi connectivity index (χ1v) is 13.2. The van der Waals surface area contributed by atoms with Gasteiger partial charge in [0.2, 0.25) is 0 Å². The number of alkyl halides is 3. The Morgan fingerprint density at radius 1 is 0.919 bits per heavy atom. The molecule has 0 amide bonds. The molecule has 2 aliphatic carbocycles. The van der Waals surface area contributed by atoms with Gasteiger partial charge in [-0.15, -0.1) is 0 Å². The Morgan fingerprint density at radius 3 is 2.32 bits per heavy atom. The molecule has 2 saturated carbocycles. The Bertz CT molecular complexity index is 1060. The number of hydrogen-bond donors (Lipinski definition) is 3. The van der Waals surface area contributed by atoms with Crippen molar-refractivity contribution in [3.8, 4) is 0 Å². The largest absolute Gasteiger partial charge is 0.433 e. The highest BCUT2D eigenvalue weighted by Gasteiger charge is 2.40. The maximum atomic E-state index is 14.1. The zero-order chi connectivity index (χ0) is 26.2. The van der Waals surface area contributed by atoms with Crippen molar-refractivity contribution < 1.29 is 32.5 Å². The monoisotopic (exact) mass is 522 g/mol. The van der Waals surface area contributed by atoms with E-state index in [1.807, 2.05) is 24.3 Å². The Hall–Kier alpha value is -2.23. The Labute approximate surface area is 214 Å². The summed E-state index contributed by atoms with van der Waals surface area (Å²) in [7, 11) is 0. The number of pyridine rings is 1. The molecule has 3 fully saturated rings. The Balaban J connectivity index is 1.16. The smallest absolute Gasteiger partial charge is 0.388 e. The summed E-state index contributed by atoms with van der Waals surface area (Å²) in [5.74, 6) is 0.868. The highest BCUT2D eigenvalue weighted by Crippen LogP contribution is 2.41. The van der Waals surface area contributed by atoms with E-state index >= 15 is 0 Å². The van der Waals surface area contributed by atoms with E-state index in [4.69, 9.17) is 4.74 Å². The standard InChI is InChI=1S/C28H34F4N2O3/c29-21-10-11-23(28(30,31)32)34-27(21)33-22-15-37-26(25(36)24(22)35)20-8-6-17(7-9-20)13-19-5-4-18(14-19)12-16-2-1-3-16/h6-11,16,18-19,22,24-26,35-36H,1-5,12-15H2,(H,33,34)/t18?,19?,22-,24+,25+,26?/m0/s1. The van der Waals surface area contributed by atoms with E-state index < -0.39 is 47.9 Å². The van der Waals surface area contributed by atoms with Gasteiger partial charge in [-0.1, -0.05) is 49.9 Å². The molecule has 9 heteroatoms. The van der Waals surface area contributed by atoms with Gasteiger partial charge in [-0.3, -0.25) is 0 Å². The van der Waals surface area contributed by atoms with Crippen molar-refractivity contribution in [1.29, 1.82) is 0 Å². The highest BCUT2D eigenvalue weighted by molar-refractivity contribution is 5.40. The van der Waals surface area contributed by atoms with Crippen LogP contribution in [0.3, 0.4) is 0 Å². The SMILES string of the molecule is O[C@@H]1[C@@H](Nc2nc(C(F)(F)F)ccc2F)COC(c2ccc(CC3CCC(CC4CCC4)C3)cc2)[C@@H]1O. The van der Waals surface area contributed by atoms with Gasteiger partial charge in [-0.25, -0.2) is 9.37 Å². The molecule has 0 radical (unpaired) electrons. The summed E-state index contributed by atoms with van der Waals surface area (Å²) in [6.45, 7) is -0.146. The number of aliphatic hydroxyl groups is 2. The van der Waals surface area contributed by atoms with Crippen LogP contribution in [0, 0.1) is 23.6 Å². The van der Waals surface area contributed by atoms with E-state index in [1.165, 1.54) is 50.5 Å². The first-order valence-electron chi connectivity index (χ1n) is 13.2. The molecule has 2 heterocycles. The van der Waals surface area contributed by atoms with Crippen LogP contribution in [0.2, 0.25) is 0 Å². The summed E-state index contributed by atoms with van der Waals surface area (Å²) < 4.78 is 58.7. The molecule has 0 spiro atoms. The molecule has 6 atom stereocenters. The zero-order valence-electron chi connectivity index (χ0n) is 20.6. The molecule has 3 unspecified atom stereocenters. The van der Waals surface area contributed by atoms with Crippen LogP contribution in [0.5, 0.6) is 0 Å². The summed E-state index contributed by atoms with van der Waals surface area (Å²) in [6.07, 6.45) is 2.22. The molecular formula is C28H34F4N2O3. The van der Waals surface area contributed by atoms with Crippen LogP contribution in [0.4, 0.5) is 23.4 Å². The van der Waals surface area contributed by atoms with Gasteiger partial charge >= 0.3 is 6.18 Å². The van der Waals surface area contributed by atoms with Crippen molar-refractivity contribution in [2.24, 2.45) is 17.8 Å². The summed E-state index contributed by atoms with van der Waals surface area (Å²) in [6, 6.07) is 8.01. The molecule has 5 rings (SSSR count). The van der Waals surface area contributed by atoms with Gasteiger partial charge in [0, 0.05) is 0 Å². The number of aliphatic hydroxyl groups excluding tert-OH is 2. The fraction of sp³-hybridized carbons (Fsp3) is 0.607. The van der Waals surface area contributed by atoms with Crippen LogP contribution in [0.1, 0.15) is 67.9 Å². The number of halogens is 4. The van der Waals surface area contributed by atoms with Crippen molar-refractivity contribution in [2.45, 2.75) is 81.9 Å². The Morgan fingerprint density at radius 2 is 1.65 bits per heavy atom. The summed E-state index contributed by atoms with van der Waals surface area (Å²) in [5.41, 5.74) is 0.675. The highest BCUT2D eigenvalue weighted by atomic mass is 19.4. The number of benzene rings is 1. The minimum atomic E-state index is -4.74. The molecule has 2 aromatic rings.